The van der Waals surface area contributed by atoms with Crippen LogP contribution in [0, 0.1) is 17.7 Å². The van der Waals surface area contributed by atoms with Gasteiger partial charge in [0, 0.05) is 18.0 Å². The van der Waals surface area contributed by atoms with Crippen LogP contribution in [0.25, 0.3) is 0 Å². The van der Waals surface area contributed by atoms with Crippen molar-refractivity contribution in [1.29, 1.82) is 0 Å². The molecule has 0 spiro atoms. The first kappa shape index (κ1) is 14.9. The highest BCUT2D eigenvalue weighted by molar-refractivity contribution is 7.92. The molecule has 0 aliphatic heterocycles. The van der Waals surface area contributed by atoms with Gasteiger partial charge in [-0.25, -0.2) is 17.8 Å². The van der Waals surface area contributed by atoms with Gasteiger partial charge >= 0.3 is 0 Å². The van der Waals surface area contributed by atoms with Crippen LogP contribution in [-0.2, 0) is 10.0 Å². The van der Waals surface area contributed by atoms with Crippen molar-refractivity contribution in [3.63, 3.8) is 0 Å². The van der Waals surface area contributed by atoms with Gasteiger partial charge < -0.3 is 5.73 Å². The largest absolute Gasteiger partial charge is 0.320 e. The molecule has 1 aromatic heterocycles. The van der Waals surface area contributed by atoms with Gasteiger partial charge in [0.05, 0.1) is 12.7 Å². The van der Waals surface area contributed by atoms with Gasteiger partial charge in [-0.15, -0.1) is 0 Å². The molecule has 108 valence electrons. The molecule has 6 nitrogen and oxygen atoms in total. The smallest absolute Gasteiger partial charge is 0.266 e. The molecule has 0 bridgehead atoms. The number of nitrogens with one attached hydrogen (secondary N) is 1. The Kier molecular flexibility index (Phi) is 4.47. The second kappa shape index (κ2) is 6.30. The van der Waals surface area contributed by atoms with E-state index in [9.17, 15) is 12.8 Å². The maximum atomic E-state index is 13.9. The minimum atomic E-state index is -4.08. The predicted molar refractivity (Wildman–Crippen MR) is 75.2 cm³/mol. The van der Waals surface area contributed by atoms with Crippen LogP contribution in [0.4, 0.5) is 10.2 Å². The van der Waals surface area contributed by atoms with E-state index in [0.717, 1.165) is 12.1 Å². The maximum absolute atomic E-state index is 13.9. The van der Waals surface area contributed by atoms with Crippen molar-refractivity contribution in [2.45, 2.75) is 4.90 Å². The second-order valence-electron chi connectivity index (χ2n) is 3.85. The number of hydrogen-bond acceptors (Lipinski definition) is 5. The minimum absolute atomic E-state index is 0.00361. The molecule has 0 atom stereocenters. The summed E-state index contributed by atoms with van der Waals surface area (Å²) in [5, 5.41) is 0. The van der Waals surface area contributed by atoms with Crippen molar-refractivity contribution in [2.24, 2.45) is 5.73 Å². The van der Waals surface area contributed by atoms with Crippen molar-refractivity contribution >= 4 is 15.8 Å². The van der Waals surface area contributed by atoms with E-state index in [2.05, 4.69) is 26.5 Å². The van der Waals surface area contributed by atoms with E-state index in [0.29, 0.717) is 5.56 Å². The van der Waals surface area contributed by atoms with E-state index in [1.54, 1.807) is 0 Å². The van der Waals surface area contributed by atoms with Crippen LogP contribution in [0.5, 0.6) is 0 Å². The Labute approximate surface area is 121 Å². The Balaban J connectivity index is 2.32. The summed E-state index contributed by atoms with van der Waals surface area (Å²) >= 11 is 0. The summed E-state index contributed by atoms with van der Waals surface area (Å²) in [7, 11) is -4.08. The average molecular weight is 306 g/mol. The zero-order valence-corrected chi connectivity index (χ0v) is 11.6. The Morgan fingerprint density at radius 2 is 2.14 bits per heavy atom. The molecule has 0 aliphatic rings. The van der Waals surface area contributed by atoms with Crippen molar-refractivity contribution in [3.8, 4) is 11.8 Å². The lowest BCUT2D eigenvalue weighted by Gasteiger charge is -2.07. The van der Waals surface area contributed by atoms with Crippen molar-refractivity contribution in [2.75, 3.05) is 11.3 Å². The standard InChI is InChI=1S/C13H11FN4O2S/c14-11-8-10(2-1-5-15)3-4-12(11)21(19,20)18-13-9-16-6-7-17-13/h3-4,6-9H,5,15H2,(H,17,18). The molecule has 21 heavy (non-hydrogen) atoms. The van der Waals surface area contributed by atoms with E-state index in [4.69, 9.17) is 5.73 Å². The molecule has 3 N–H and O–H groups in total. The molecule has 1 aromatic carbocycles. The Bertz CT molecular complexity index is 798. The van der Waals surface area contributed by atoms with Crippen LogP contribution in [0.1, 0.15) is 5.56 Å². The monoisotopic (exact) mass is 306 g/mol. The maximum Gasteiger partial charge on any atom is 0.266 e. The molecular weight excluding hydrogens is 295 g/mol. The third-order valence-corrected chi connectivity index (χ3v) is 3.75. The van der Waals surface area contributed by atoms with Gasteiger partial charge in [0.1, 0.15) is 10.7 Å². The van der Waals surface area contributed by atoms with E-state index in [1.807, 2.05) is 0 Å². The molecule has 0 fully saturated rings. The number of halogens is 1. The number of anilines is 1. The Morgan fingerprint density at radius 3 is 2.76 bits per heavy atom. The summed E-state index contributed by atoms with van der Waals surface area (Å²) in [6.07, 6.45) is 3.93. The predicted octanol–water partition coefficient (Wildman–Crippen LogP) is 0.727. The SMILES string of the molecule is NCC#Cc1ccc(S(=O)(=O)Nc2cnccn2)c(F)c1. The first-order chi connectivity index (χ1) is 10.0. The Hall–Kier alpha value is -2.50. The molecule has 0 radical (unpaired) electrons. The zero-order valence-electron chi connectivity index (χ0n) is 10.7. The van der Waals surface area contributed by atoms with Gasteiger partial charge in [0.15, 0.2) is 5.82 Å². The number of aromatic nitrogens is 2. The Morgan fingerprint density at radius 1 is 1.33 bits per heavy atom. The summed E-state index contributed by atoms with van der Waals surface area (Å²) in [4.78, 5) is 6.99. The number of benzene rings is 1. The van der Waals surface area contributed by atoms with E-state index < -0.39 is 20.7 Å². The third-order valence-electron chi connectivity index (χ3n) is 2.36. The summed E-state index contributed by atoms with van der Waals surface area (Å²) in [5.74, 6) is 4.27. The molecule has 2 aromatic rings. The number of nitrogens with zero attached hydrogens (tertiary/aromatic N) is 2. The van der Waals surface area contributed by atoms with Gasteiger partial charge in [-0.1, -0.05) is 11.8 Å². The van der Waals surface area contributed by atoms with Crippen molar-refractivity contribution in [1.82, 2.24) is 9.97 Å². The van der Waals surface area contributed by atoms with Crippen LogP contribution >= 0.6 is 0 Å². The molecular formula is C13H11FN4O2S. The number of nitrogens with two attached hydrogens (primary N) is 1. The average Bonchev–Trinajstić information content (AvgIpc) is 2.45. The second-order valence-corrected chi connectivity index (χ2v) is 5.50. The molecule has 0 unspecified atom stereocenters. The summed E-state index contributed by atoms with van der Waals surface area (Å²) in [6.45, 7) is 0.135. The number of hydrogen-bond donors (Lipinski definition) is 2. The summed E-state index contributed by atoms with van der Waals surface area (Å²) < 4.78 is 40.2. The molecule has 1 heterocycles. The molecule has 2 rings (SSSR count). The molecule has 0 aliphatic carbocycles. The first-order valence-corrected chi connectivity index (χ1v) is 7.28. The van der Waals surface area contributed by atoms with Gasteiger partial charge in [0.2, 0.25) is 0 Å². The van der Waals surface area contributed by atoms with E-state index in [1.165, 1.54) is 24.7 Å². The lowest BCUT2D eigenvalue weighted by molar-refractivity contribution is 0.570. The lowest BCUT2D eigenvalue weighted by Crippen LogP contribution is -2.15. The zero-order chi connectivity index (χ0) is 15.3. The molecule has 0 amide bonds. The normalized spacial score (nSPS) is 10.6. The fraction of sp³-hybridized carbons (Fsp3) is 0.0769. The van der Waals surface area contributed by atoms with Gasteiger partial charge in [0.25, 0.3) is 10.0 Å². The molecule has 8 heteroatoms. The van der Waals surface area contributed by atoms with Crippen molar-refractivity contribution in [3.05, 3.63) is 48.2 Å². The van der Waals surface area contributed by atoms with Crippen molar-refractivity contribution < 1.29 is 12.8 Å². The highest BCUT2D eigenvalue weighted by atomic mass is 32.2. The minimum Gasteiger partial charge on any atom is -0.320 e. The highest BCUT2D eigenvalue weighted by Crippen LogP contribution is 2.18. The van der Waals surface area contributed by atoms with Gasteiger partial charge in [-0.2, -0.15) is 0 Å². The highest BCUT2D eigenvalue weighted by Gasteiger charge is 2.19. The first-order valence-electron chi connectivity index (χ1n) is 5.80. The van der Waals surface area contributed by atoms with E-state index in [-0.39, 0.29) is 12.4 Å². The van der Waals surface area contributed by atoms with Gasteiger partial charge in [-0.3, -0.25) is 9.71 Å². The fourth-order valence-electron chi connectivity index (χ4n) is 1.49. The fourth-order valence-corrected chi connectivity index (χ4v) is 2.55. The number of rotatable bonds is 3. The topological polar surface area (TPSA) is 98.0 Å². The van der Waals surface area contributed by atoms with Crippen LogP contribution in [0.15, 0.2) is 41.7 Å². The van der Waals surface area contributed by atoms with Crippen LogP contribution in [0.3, 0.4) is 0 Å². The quantitative estimate of drug-likeness (QED) is 0.815. The summed E-state index contributed by atoms with van der Waals surface area (Å²) in [5.41, 5.74) is 5.56. The van der Waals surface area contributed by atoms with Gasteiger partial charge in [-0.05, 0) is 18.2 Å². The van der Waals surface area contributed by atoms with Crippen LogP contribution < -0.4 is 10.5 Å². The van der Waals surface area contributed by atoms with Crippen LogP contribution in [0.2, 0.25) is 0 Å². The third kappa shape index (κ3) is 3.75. The molecule has 0 saturated heterocycles. The van der Waals surface area contributed by atoms with E-state index >= 15 is 0 Å². The number of sulfonamides is 1. The molecule has 0 saturated carbocycles. The lowest BCUT2D eigenvalue weighted by atomic mass is 10.2. The summed E-state index contributed by atoms with van der Waals surface area (Å²) in [6, 6.07) is 3.57. The van der Waals surface area contributed by atoms with Crippen LogP contribution in [-0.4, -0.2) is 24.9 Å².